The van der Waals surface area contributed by atoms with E-state index in [9.17, 15) is 4.39 Å². The van der Waals surface area contributed by atoms with Crippen molar-refractivity contribution in [3.63, 3.8) is 0 Å². The first kappa shape index (κ1) is 7.50. The van der Waals surface area contributed by atoms with E-state index >= 15 is 0 Å². The molecule has 0 saturated carbocycles. The van der Waals surface area contributed by atoms with Gasteiger partial charge in [-0.05, 0) is 13.5 Å². The smallest absolute Gasteiger partial charge is 0.114 e. The number of halogens is 1. The third kappa shape index (κ3) is 1.40. The van der Waals surface area contributed by atoms with E-state index in [1.54, 1.807) is 0 Å². The van der Waals surface area contributed by atoms with Crippen molar-refractivity contribution in [2.45, 2.75) is 18.6 Å². The van der Waals surface area contributed by atoms with Crippen LogP contribution in [0.1, 0.15) is 6.42 Å². The molecular weight excluding hydrogens is 143 g/mol. The molecule has 11 heavy (non-hydrogen) atoms. The van der Waals surface area contributed by atoms with E-state index in [1.165, 1.54) is 0 Å². The normalized spacial score (nSPS) is 36.0. The first-order valence-corrected chi connectivity index (χ1v) is 4.32. The highest BCUT2D eigenvalue weighted by Crippen LogP contribution is 2.20. The van der Waals surface area contributed by atoms with Crippen molar-refractivity contribution in [2.75, 3.05) is 33.2 Å². The second kappa shape index (κ2) is 2.72. The number of nitrogens with zero attached hydrogens (tertiary/aromatic N) is 2. The average molecular weight is 158 g/mol. The number of hydrogen-bond donors (Lipinski definition) is 0. The Kier molecular flexibility index (Phi) is 1.85. The molecule has 0 bridgehead atoms. The van der Waals surface area contributed by atoms with Crippen LogP contribution in [0.4, 0.5) is 4.39 Å². The largest absolute Gasteiger partial charge is 0.303 e. The highest BCUT2D eigenvalue weighted by atomic mass is 19.1. The van der Waals surface area contributed by atoms with E-state index in [-0.39, 0.29) is 0 Å². The van der Waals surface area contributed by atoms with Crippen LogP contribution in [0.15, 0.2) is 0 Å². The van der Waals surface area contributed by atoms with Gasteiger partial charge in [-0.3, -0.25) is 4.90 Å². The molecule has 0 N–H and O–H groups in total. The third-order valence-electron chi connectivity index (χ3n) is 2.72. The molecule has 0 aromatic carbocycles. The molecule has 2 heterocycles. The Labute approximate surface area is 67.0 Å². The Bertz CT molecular complexity index is 145. The number of likely N-dealkylation sites (N-methyl/N-ethyl adjacent to an activating group) is 1. The van der Waals surface area contributed by atoms with Gasteiger partial charge in [0.05, 0.1) is 0 Å². The zero-order valence-electron chi connectivity index (χ0n) is 6.96. The molecule has 3 heteroatoms. The van der Waals surface area contributed by atoms with Crippen LogP contribution in [0.25, 0.3) is 0 Å². The summed E-state index contributed by atoms with van der Waals surface area (Å²) in [5.41, 5.74) is 0. The van der Waals surface area contributed by atoms with Crippen molar-refractivity contribution in [1.82, 2.24) is 9.80 Å². The minimum atomic E-state index is -0.555. The maximum absolute atomic E-state index is 12.7. The standard InChI is InChI=1S/C8H15FN2/c1-10-5-8(6-10)11-3-2-7(9)4-11/h7-8H,2-6H2,1H3/t7-/m1/s1. The Hall–Kier alpha value is -0.150. The zero-order valence-corrected chi connectivity index (χ0v) is 6.96. The molecule has 2 nitrogen and oxygen atoms in total. The van der Waals surface area contributed by atoms with E-state index in [4.69, 9.17) is 0 Å². The monoisotopic (exact) mass is 158 g/mol. The van der Waals surface area contributed by atoms with Crippen LogP contribution in [-0.4, -0.2) is 55.2 Å². The van der Waals surface area contributed by atoms with Crippen LogP contribution in [0.5, 0.6) is 0 Å². The summed E-state index contributed by atoms with van der Waals surface area (Å²) in [5.74, 6) is 0. The SMILES string of the molecule is CN1CC(N2CC[C@@H](F)C2)C1. The molecule has 0 amide bonds. The van der Waals surface area contributed by atoms with Crippen molar-refractivity contribution >= 4 is 0 Å². The van der Waals surface area contributed by atoms with Gasteiger partial charge in [0, 0.05) is 32.2 Å². The highest BCUT2D eigenvalue weighted by Gasteiger charge is 2.33. The summed E-state index contributed by atoms with van der Waals surface area (Å²) in [6.45, 7) is 3.91. The molecule has 0 radical (unpaired) electrons. The van der Waals surface area contributed by atoms with Gasteiger partial charge in [-0.25, -0.2) is 4.39 Å². The first-order chi connectivity index (χ1) is 5.25. The van der Waals surface area contributed by atoms with Crippen molar-refractivity contribution < 1.29 is 4.39 Å². The molecule has 2 aliphatic rings. The van der Waals surface area contributed by atoms with Crippen molar-refractivity contribution in [2.24, 2.45) is 0 Å². The molecule has 0 spiro atoms. The molecular formula is C8H15FN2. The van der Waals surface area contributed by atoms with E-state index < -0.39 is 6.17 Å². The fourth-order valence-electron chi connectivity index (χ4n) is 1.97. The molecule has 2 rings (SSSR count). The Morgan fingerprint density at radius 3 is 2.45 bits per heavy atom. The third-order valence-corrected chi connectivity index (χ3v) is 2.72. The molecule has 0 aromatic rings. The van der Waals surface area contributed by atoms with Gasteiger partial charge in [0.2, 0.25) is 0 Å². The summed E-state index contributed by atoms with van der Waals surface area (Å²) in [6, 6.07) is 0.653. The minimum Gasteiger partial charge on any atom is -0.303 e. The second-order valence-corrected chi connectivity index (χ2v) is 3.76. The predicted molar refractivity (Wildman–Crippen MR) is 42.4 cm³/mol. The number of hydrogen-bond acceptors (Lipinski definition) is 2. The van der Waals surface area contributed by atoms with E-state index in [2.05, 4.69) is 16.8 Å². The summed E-state index contributed by atoms with van der Waals surface area (Å²) in [6.07, 6.45) is 0.195. The summed E-state index contributed by atoms with van der Waals surface area (Å²) >= 11 is 0. The van der Waals surface area contributed by atoms with Crippen molar-refractivity contribution in [3.05, 3.63) is 0 Å². The Morgan fingerprint density at radius 1 is 1.27 bits per heavy atom. The van der Waals surface area contributed by atoms with Crippen LogP contribution in [0, 0.1) is 0 Å². The maximum Gasteiger partial charge on any atom is 0.114 e. The maximum atomic E-state index is 12.7. The lowest BCUT2D eigenvalue weighted by atomic mass is 10.1. The van der Waals surface area contributed by atoms with E-state index in [1.807, 2.05) is 0 Å². The number of alkyl halides is 1. The van der Waals surface area contributed by atoms with Crippen LogP contribution < -0.4 is 0 Å². The van der Waals surface area contributed by atoms with E-state index in [0.717, 1.165) is 26.1 Å². The first-order valence-electron chi connectivity index (χ1n) is 4.32. The van der Waals surface area contributed by atoms with E-state index in [0.29, 0.717) is 12.6 Å². The molecule has 1 atom stereocenters. The topological polar surface area (TPSA) is 6.48 Å². The molecule has 2 saturated heterocycles. The van der Waals surface area contributed by atoms with Gasteiger partial charge in [-0.2, -0.15) is 0 Å². The molecule has 2 aliphatic heterocycles. The summed E-state index contributed by atoms with van der Waals surface area (Å²) in [4.78, 5) is 4.56. The van der Waals surface area contributed by atoms with Gasteiger partial charge in [0.25, 0.3) is 0 Å². The summed E-state index contributed by atoms with van der Waals surface area (Å²) < 4.78 is 12.7. The quantitative estimate of drug-likeness (QED) is 0.543. The van der Waals surface area contributed by atoms with Gasteiger partial charge >= 0.3 is 0 Å². The fourth-order valence-corrected chi connectivity index (χ4v) is 1.97. The average Bonchev–Trinajstić information content (AvgIpc) is 2.29. The van der Waals surface area contributed by atoms with Gasteiger partial charge in [-0.15, -0.1) is 0 Å². The number of likely N-dealkylation sites (tertiary alicyclic amines) is 2. The Balaban J connectivity index is 1.79. The van der Waals surface area contributed by atoms with Gasteiger partial charge in [-0.1, -0.05) is 0 Å². The van der Waals surface area contributed by atoms with Gasteiger partial charge < -0.3 is 4.90 Å². The highest BCUT2D eigenvalue weighted by molar-refractivity contribution is 4.90. The van der Waals surface area contributed by atoms with Gasteiger partial charge in [0.1, 0.15) is 6.17 Å². The fraction of sp³-hybridized carbons (Fsp3) is 1.00. The molecule has 64 valence electrons. The Morgan fingerprint density at radius 2 is 2.00 bits per heavy atom. The van der Waals surface area contributed by atoms with Crippen LogP contribution in [0.3, 0.4) is 0 Å². The summed E-state index contributed by atoms with van der Waals surface area (Å²) in [5, 5.41) is 0. The summed E-state index contributed by atoms with van der Waals surface area (Å²) in [7, 11) is 2.11. The minimum absolute atomic E-state index is 0.555. The second-order valence-electron chi connectivity index (χ2n) is 3.76. The van der Waals surface area contributed by atoms with Crippen LogP contribution in [0.2, 0.25) is 0 Å². The van der Waals surface area contributed by atoms with Crippen molar-refractivity contribution in [3.8, 4) is 0 Å². The van der Waals surface area contributed by atoms with Crippen molar-refractivity contribution in [1.29, 1.82) is 0 Å². The van der Waals surface area contributed by atoms with Crippen LogP contribution >= 0.6 is 0 Å². The molecule has 0 aromatic heterocycles. The van der Waals surface area contributed by atoms with Gasteiger partial charge in [0.15, 0.2) is 0 Å². The van der Waals surface area contributed by atoms with Crippen LogP contribution in [-0.2, 0) is 0 Å². The lowest BCUT2D eigenvalue weighted by Gasteiger charge is -2.41. The lowest BCUT2D eigenvalue weighted by molar-refractivity contribution is 0.0650. The predicted octanol–water partition coefficient (Wildman–Crippen LogP) is 0.344. The zero-order chi connectivity index (χ0) is 7.84. The lowest BCUT2D eigenvalue weighted by Crippen LogP contribution is -2.57. The molecule has 0 aliphatic carbocycles. The molecule has 2 fully saturated rings. The number of rotatable bonds is 1. The molecule has 0 unspecified atom stereocenters.